The highest BCUT2D eigenvalue weighted by molar-refractivity contribution is 6.35. The maximum absolute atomic E-state index is 13.1. The van der Waals surface area contributed by atoms with E-state index >= 15 is 0 Å². The lowest BCUT2D eigenvalue weighted by atomic mass is 9.99. The van der Waals surface area contributed by atoms with Gasteiger partial charge in [0.2, 0.25) is 11.2 Å². The average Bonchev–Trinajstić information content (AvgIpc) is 3.16. The van der Waals surface area contributed by atoms with Crippen molar-refractivity contribution in [1.82, 2.24) is 0 Å². The van der Waals surface area contributed by atoms with Gasteiger partial charge in [-0.15, -0.1) is 0 Å². The summed E-state index contributed by atoms with van der Waals surface area (Å²) in [7, 11) is 0. The molecule has 0 aliphatic carbocycles. The van der Waals surface area contributed by atoms with Crippen LogP contribution < -0.4 is 5.43 Å². The van der Waals surface area contributed by atoms with Crippen LogP contribution in [0.15, 0.2) is 80.6 Å². The van der Waals surface area contributed by atoms with Crippen molar-refractivity contribution in [2.75, 3.05) is 0 Å². The number of furan rings is 1. The molecule has 0 saturated heterocycles. The van der Waals surface area contributed by atoms with E-state index in [9.17, 15) is 9.59 Å². The van der Waals surface area contributed by atoms with E-state index in [0.717, 1.165) is 0 Å². The molecule has 2 aromatic carbocycles. The van der Waals surface area contributed by atoms with Crippen LogP contribution in [-0.4, -0.2) is 5.78 Å². The van der Waals surface area contributed by atoms with Crippen LogP contribution in [0, 0.1) is 0 Å². The monoisotopic (exact) mass is 350 g/mol. The van der Waals surface area contributed by atoms with Crippen molar-refractivity contribution >= 4 is 28.4 Å². The molecule has 4 rings (SSSR count). The Balaban J connectivity index is 2.07. The lowest BCUT2D eigenvalue weighted by Gasteiger charge is -2.08. The van der Waals surface area contributed by atoms with Gasteiger partial charge < -0.3 is 8.83 Å². The second-order valence-corrected chi connectivity index (χ2v) is 5.82. The Hall–Kier alpha value is -3.11. The summed E-state index contributed by atoms with van der Waals surface area (Å²) in [5.41, 5.74) is 0.106. The number of para-hydroxylation sites is 1. The molecule has 0 unspecified atom stereocenters. The van der Waals surface area contributed by atoms with Gasteiger partial charge in [-0.05, 0) is 36.4 Å². The van der Waals surface area contributed by atoms with Crippen LogP contribution in [0.3, 0.4) is 0 Å². The number of benzene rings is 2. The molecule has 0 N–H and O–H groups in total. The lowest BCUT2D eigenvalue weighted by Crippen LogP contribution is -2.18. The fraction of sp³-hybridized carbons (Fsp3) is 0. The summed E-state index contributed by atoms with van der Waals surface area (Å²) < 4.78 is 11.2. The normalized spacial score (nSPS) is 10.9. The highest BCUT2D eigenvalue weighted by Gasteiger charge is 2.25. The molecule has 0 aliphatic heterocycles. The van der Waals surface area contributed by atoms with Gasteiger partial charge in [-0.3, -0.25) is 9.59 Å². The van der Waals surface area contributed by atoms with Crippen LogP contribution >= 0.6 is 11.6 Å². The number of carbonyl (C=O) groups excluding carboxylic acids is 1. The number of carbonyl (C=O) groups is 1. The molecule has 0 fully saturated rings. The zero-order valence-corrected chi connectivity index (χ0v) is 13.6. The molecule has 0 amide bonds. The number of rotatable bonds is 3. The van der Waals surface area contributed by atoms with E-state index in [1.165, 1.54) is 6.26 Å². The molecule has 0 bridgehead atoms. The van der Waals surface area contributed by atoms with Crippen LogP contribution in [0.25, 0.3) is 22.5 Å². The predicted molar refractivity (Wildman–Crippen MR) is 95.1 cm³/mol. The zero-order chi connectivity index (χ0) is 17.4. The minimum Gasteiger partial charge on any atom is -0.461 e. The van der Waals surface area contributed by atoms with Crippen LogP contribution in [0.5, 0.6) is 0 Å². The third-order valence-corrected chi connectivity index (χ3v) is 4.22. The standard InChI is InChI=1S/C20H11ClO4/c21-14-8-3-1-6-12(14)18(22)17-19(23)13-7-2-4-9-15(13)25-20(17)16-10-5-11-24-16/h1-11H. The first-order chi connectivity index (χ1) is 12.2. The first kappa shape index (κ1) is 15.4. The van der Waals surface area contributed by atoms with Gasteiger partial charge in [-0.1, -0.05) is 35.9 Å². The first-order valence-corrected chi connectivity index (χ1v) is 7.93. The van der Waals surface area contributed by atoms with Gasteiger partial charge >= 0.3 is 0 Å². The van der Waals surface area contributed by atoms with Crippen LogP contribution in [0.1, 0.15) is 15.9 Å². The van der Waals surface area contributed by atoms with Crippen molar-refractivity contribution in [3.63, 3.8) is 0 Å². The van der Waals surface area contributed by atoms with E-state index in [1.807, 2.05) is 0 Å². The van der Waals surface area contributed by atoms with Crippen molar-refractivity contribution in [3.05, 3.63) is 93.3 Å². The number of fused-ring (bicyclic) bond motifs is 1. The Bertz CT molecular complexity index is 1140. The summed E-state index contributed by atoms with van der Waals surface area (Å²) in [6, 6.07) is 16.6. The molecule has 4 nitrogen and oxygen atoms in total. The summed E-state index contributed by atoms with van der Waals surface area (Å²) >= 11 is 6.14. The summed E-state index contributed by atoms with van der Waals surface area (Å²) in [5, 5.41) is 0.596. The smallest absolute Gasteiger partial charge is 0.204 e. The molecule has 5 heteroatoms. The largest absolute Gasteiger partial charge is 0.461 e. The number of ketones is 1. The minimum atomic E-state index is -0.503. The molecule has 0 aliphatic rings. The minimum absolute atomic E-state index is 0.0956. The van der Waals surface area contributed by atoms with E-state index < -0.39 is 11.2 Å². The second kappa shape index (κ2) is 6.07. The molecule has 25 heavy (non-hydrogen) atoms. The summed E-state index contributed by atoms with van der Waals surface area (Å²) in [5.74, 6) is -0.103. The summed E-state index contributed by atoms with van der Waals surface area (Å²) in [6.07, 6.45) is 1.45. The Morgan fingerprint density at radius 3 is 2.44 bits per heavy atom. The Morgan fingerprint density at radius 2 is 1.68 bits per heavy atom. The molecule has 0 saturated carbocycles. The Labute approximate surface area is 147 Å². The zero-order valence-electron chi connectivity index (χ0n) is 12.9. The molecular formula is C20H11ClO4. The van der Waals surface area contributed by atoms with Crippen molar-refractivity contribution in [1.29, 1.82) is 0 Å². The van der Waals surface area contributed by atoms with Crippen LogP contribution in [0.2, 0.25) is 5.02 Å². The topological polar surface area (TPSA) is 60.4 Å². The molecule has 0 radical (unpaired) electrons. The molecule has 0 atom stereocenters. The molecule has 122 valence electrons. The predicted octanol–water partition coefficient (Wildman–Crippen LogP) is 4.94. The maximum Gasteiger partial charge on any atom is 0.204 e. The molecule has 2 heterocycles. The van der Waals surface area contributed by atoms with E-state index in [4.69, 9.17) is 20.4 Å². The number of halogens is 1. The highest BCUT2D eigenvalue weighted by atomic mass is 35.5. The summed E-state index contributed by atoms with van der Waals surface area (Å²) in [4.78, 5) is 26.1. The van der Waals surface area contributed by atoms with E-state index in [1.54, 1.807) is 60.7 Å². The fourth-order valence-electron chi connectivity index (χ4n) is 2.71. The number of hydrogen-bond acceptors (Lipinski definition) is 4. The van der Waals surface area contributed by atoms with Crippen LogP contribution in [0.4, 0.5) is 0 Å². The summed E-state index contributed by atoms with van der Waals surface area (Å²) in [6.45, 7) is 0. The maximum atomic E-state index is 13.1. The Kier molecular flexibility index (Phi) is 3.75. The van der Waals surface area contributed by atoms with Gasteiger partial charge in [-0.2, -0.15) is 0 Å². The molecular weight excluding hydrogens is 340 g/mol. The molecule has 4 aromatic rings. The third kappa shape index (κ3) is 2.57. The van der Waals surface area contributed by atoms with Crippen molar-refractivity contribution in [2.24, 2.45) is 0 Å². The van der Waals surface area contributed by atoms with Crippen molar-refractivity contribution in [2.45, 2.75) is 0 Å². The molecule has 0 spiro atoms. The van der Waals surface area contributed by atoms with Gasteiger partial charge in [-0.25, -0.2) is 0 Å². The van der Waals surface area contributed by atoms with Crippen molar-refractivity contribution in [3.8, 4) is 11.5 Å². The SMILES string of the molecule is O=C(c1ccccc1Cl)c1c(-c2ccco2)oc2ccccc2c1=O. The average molecular weight is 351 g/mol. The van der Waals surface area contributed by atoms with Gasteiger partial charge in [0.15, 0.2) is 11.5 Å². The van der Waals surface area contributed by atoms with Gasteiger partial charge in [0.1, 0.15) is 11.1 Å². The quantitative estimate of drug-likeness (QED) is 0.491. The van der Waals surface area contributed by atoms with E-state index in [-0.39, 0.29) is 21.9 Å². The van der Waals surface area contributed by atoms with Gasteiger partial charge in [0, 0.05) is 5.56 Å². The van der Waals surface area contributed by atoms with E-state index in [0.29, 0.717) is 16.7 Å². The molecule has 2 aromatic heterocycles. The fourth-order valence-corrected chi connectivity index (χ4v) is 2.93. The third-order valence-electron chi connectivity index (χ3n) is 3.89. The van der Waals surface area contributed by atoms with Crippen LogP contribution in [-0.2, 0) is 0 Å². The van der Waals surface area contributed by atoms with Crippen molar-refractivity contribution < 1.29 is 13.6 Å². The Morgan fingerprint density at radius 1 is 0.920 bits per heavy atom. The van der Waals surface area contributed by atoms with Gasteiger partial charge in [0.05, 0.1) is 16.7 Å². The van der Waals surface area contributed by atoms with E-state index in [2.05, 4.69) is 0 Å². The van der Waals surface area contributed by atoms with Gasteiger partial charge in [0.25, 0.3) is 0 Å². The second-order valence-electron chi connectivity index (χ2n) is 5.42. The first-order valence-electron chi connectivity index (χ1n) is 7.56. The number of hydrogen-bond donors (Lipinski definition) is 0. The lowest BCUT2D eigenvalue weighted by molar-refractivity contribution is 0.103. The highest BCUT2D eigenvalue weighted by Crippen LogP contribution is 2.29.